The maximum absolute atomic E-state index is 14.5. The Labute approximate surface area is 217 Å². The fourth-order valence-electron chi connectivity index (χ4n) is 9.73. The van der Waals surface area contributed by atoms with Crippen LogP contribution < -0.4 is 4.68 Å². The van der Waals surface area contributed by atoms with Crippen LogP contribution in [0.3, 0.4) is 0 Å². The van der Waals surface area contributed by atoms with Gasteiger partial charge in [-0.25, -0.2) is 4.39 Å². The third-order valence-corrected chi connectivity index (χ3v) is 11.4. The normalized spacial score (nSPS) is 41.3. The van der Waals surface area contributed by atoms with E-state index in [1.165, 1.54) is 10.7 Å². The van der Waals surface area contributed by atoms with Crippen molar-refractivity contribution in [2.45, 2.75) is 83.8 Å². The highest BCUT2D eigenvalue weighted by molar-refractivity contribution is 5.81. The number of aromatic nitrogens is 3. The second-order valence-corrected chi connectivity index (χ2v) is 13.2. The summed E-state index contributed by atoms with van der Waals surface area (Å²) in [5.41, 5.74) is -0.214. The van der Waals surface area contributed by atoms with Gasteiger partial charge in [-0.05, 0) is 111 Å². The van der Waals surface area contributed by atoms with Gasteiger partial charge < -0.3 is 9.84 Å². The van der Waals surface area contributed by atoms with Gasteiger partial charge in [0.15, 0.2) is 18.1 Å². The van der Waals surface area contributed by atoms with Crippen LogP contribution in [0.5, 0.6) is 0 Å². The molecule has 4 fully saturated rings. The van der Waals surface area contributed by atoms with E-state index in [0.29, 0.717) is 29.2 Å². The second-order valence-electron chi connectivity index (χ2n) is 13.2. The number of nitrogens with zero attached hydrogens (tertiary/aromatic N) is 2. The van der Waals surface area contributed by atoms with E-state index in [9.17, 15) is 18.7 Å². The van der Waals surface area contributed by atoms with Crippen LogP contribution in [0.25, 0.3) is 11.0 Å². The van der Waals surface area contributed by atoms with Gasteiger partial charge in [0.1, 0.15) is 0 Å². The van der Waals surface area contributed by atoms with E-state index < -0.39 is 17.2 Å². The molecule has 4 aliphatic carbocycles. The molecule has 0 amide bonds. The van der Waals surface area contributed by atoms with E-state index in [1.54, 1.807) is 0 Å². The fourth-order valence-corrected chi connectivity index (χ4v) is 9.73. The van der Waals surface area contributed by atoms with Crippen molar-refractivity contribution in [1.29, 1.82) is 0 Å². The number of Topliss-reactive ketones (excluding diaryl/α,β-unsaturated/α-hetero) is 1. The molecule has 0 unspecified atom stereocenters. The number of ketones is 1. The van der Waals surface area contributed by atoms with Gasteiger partial charge in [0.05, 0.1) is 12.2 Å². The van der Waals surface area contributed by atoms with E-state index in [1.807, 2.05) is 14.0 Å². The molecule has 37 heavy (non-hydrogen) atoms. The Kier molecular flexibility index (Phi) is 6.03. The Balaban J connectivity index is 1.25. The first-order valence-electron chi connectivity index (χ1n) is 14.1. The summed E-state index contributed by atoms with van der Waals surface area (Å²) in [7, 11) is 1.81. The smallest absolute Gasteiger partial charge is 0.252 e. The number of fused-ring (bicyclic) bond motifs is 6. The van der Waals surface area contributed by atoms with E-state index >= 15 is 0 Å². The number of rotatable bonds is 5. The van der Waals surface area contributed by atoms with Gasteiger partial charge in [0, 0.05) is 18.1 Å². The number of hydrogen-bond acceptors (Lipinski definition) is 4. The average Bonchev–Trinajstić information content (AvgIpc) is 3.42. The fraction of sp³-hybridized carbons (Fsp3) is 0.759. The van der Waals surface area contributed by atoms with Crippen molar-refractivity contribution in [3.63, 3.8) is 0 Å². The van der Waals surface area contributed by atoms with Crippen molar-refractivity contribution in [1.82, 2.24) is 10.3 Å². The molecule has 8 atom stereocenters. The molecule has 1 heterocycles. The number of aliphatic hydroxyl groups is 1. The number of ether oxygens (including phenoxy) is 1. The maximum atomic E-state index is 14.5. The number of H-pyrrole nitrogens is 1. The van der Waals surface area contributed by atoms with E-state index in [-0.39, 0.29) is 34.6 Å². The molecule has 0 aliphatic heterocycles. The summed E-state index contributed by atoms with van der Waals surface area (Å²) in [4.78, 5) is 13.7. The monoisotopic (exact) mass is 516 g/mol. The first-order chi connectivity index (χ1) is 17.6. The summed E-state index contributed by atoms with van der Waals surface area (Å²) in [6, 6.07) is 2.49. The number of carbonyl (C=O) groups is 1. The van der Waals surface area contributed by atoms with Crippen LogP contribution in [0, 0.1) is 52.1 Å². The van der Waals surface area contributed by atoms with Gasteiger partial charge in [0.2, 0.25) is 11.3 Å². The molecule has 0 saturated heterocycles. The Morgan fingerprint density at radius 2 is 1.95 bits per heavy atom. The van der Waals surface area contributed by atoms with Crippen LogP contribution >= 0.6 is 0 Å². The Hall–Kier alpha value is -1.93. The largest absolute Gasteiger partial charge is 0.390 e. The summed E-state index contributed by atoms with van der Waals surface area (Å²) in [5, 5.41) is 17.7. The topological polar surface area (TPSA) is 79.1 Å². The highest BCUT2D eigenvalue weighted by Gasteiger charge is 2.63. The first-order valence-corrected chi connectivity index (χ1v) is 14.1. The van der Waals surface area contributed by atoms with Crippen LogP contribution in [0.2, 0.25) is 0 Å². The Morgan fingerprint density at radius 3 is 2.73 bits per heavy atom. The zero-order chi connectivity index (χ0) is 26.2. The molecule has 1 aromatic heterocycles. The van der Waals surface area contributed by atoms with Crippen molar-refractivity contribution >= 4 is 16.8 Å². The third-order valence-electron chi connectivity index (χ3n) is 11.4. The summed E-state index contributed by atoms with van der Waals surface area (Å²) >= 11 is 0. The van der Waals surface area contributed by atoms with Gasteiger partial charge in [0.25, 0.3) is 5.52 Å². The molecule has 6 nitrogen and oxygen atoms in total. The molecule has 0 bridgehead atoms. The number of nitrogens with one attached hydrogen (secondary N) is 1. The zero-order valence-electron chi connectivity index (χ0n) is 22.2. The van der Waals surface area contributed by atoms with Crippen LogP contribution in [-0.4, -0.2) is 40.5 Å². The van der Waals surface area contributed by atoms with Gasteiger partial charge in [-0.3, -0.25) is 4.79 Å². The molecule has 1 aromatic carbocycles. The van der Waals surface area contributed by atoms with Crippen molar-refractivity contribution < 1.29 is 28.1 Å². The molecule has 8 heteroatoms. The number of methoxy groups -OCH3 is 1. The predicted molar refractivity (Wildman–Crippen MR) is 133 cm³/mol. The van der Waals surface area contributed by atoms with E-state index in [2.05, 4.69) is 17.2 Å². The molecule has 0 spiro atoms. The van der Waals surface area contributed by atoms with Crippen molar-refractivity contribution in [3.8, 4) is 0 Å². The van der Waals surface area contributed by atoms with Crippen LogP contribution in [-0.2, 0) is 16.1 Å². The predicted octanol–water partition coefficient (Wildman–Crippen LogP) is 4.73. The number of benzene rings is 1. The molecular weight excluding hydrogens is 476 g/mol. The summed E-state index contributed by atoms with van der Waals surface area (Å²) < 4.78 is 35.7. The van der Waals surface area contributed by atoms with Crippen LogP contribution in [0.4, 0.5) is 8.78 Å². The van der Waals surface area contributed by atoms with E-state index in [4.69, 9.17) is 4.74 Å². The van der Waals surface area contributed by atoms with Gasteiger partial charge >= 0.3 is 0 Å². The lowest BCUT2D eigenvalue weighted by atomic mass is 9.43. The lowest BCUT2D eigenvalue weighted by molar-refractivity contribution is -0.720. The lowest BCUT2D eigenvalue weighted by Crippen LogP contribution is -2.58. The lowest BCUT2D eigenvalue weighted by Gasteiger charge is -2.62. The minimum absolute atomic E-state index is 0.0183. The van der Waals surface area contributed by atoms with Crippen molar-refractivity contribution in [2.75, 3.05) is 13.7 Å². The van der Waals surface area contributed by atoms with Crippen molar-refractivity contribution in [3.05, 3.63) is 23.8 Å². The molecule has 202 valence electrons. The highest BCUT2D eigenvalue weighted by atomic mass is 19.2. The summed E-state index contributed by atoms with van der Waals surface area (Å²) in [6.45, 7) is 5.03. The van der Waals surface area contributed by atoms with E-state index in [0.717, 1.165) is 70.5 Å². The van der Waals surface area contributed by atoms with Gasteiger partial charge in [-0.15, -0.1) is 4.68 Å². The molecule has 4 aliphatic rings. The molecule has 6 rings (SSSR count). The molecule has 4 saturated carbocycles. The summed E-state index contributed by atoms with van der Waals surface area (Å²) in [5.74, 6) is 0.181. The Morgan fingerprint density at radius 1 is 1.14 bits per heavy atom. The van der Waals surface area contributed by atoms with Crippen molar-refractivity contribution in [2.24, 2.45) is 40.4 Å². The SMILES string of the molecule is COC[C@]12CC[C@@](C)(O)C[C@@H]1CC[C@H]1[C@@H]3CC[C@H](C(=O)C[n+]4[nH]nc5ccc(F)c(F)c54)[C@@]3(C)CC[C@@H]12. The number of hydrogen-bond donors (Lipinski definition) is 2. The van der Waals surface area contributed by atoms with Gasteiger partial charge in [-0.1, -0.05) is 12.1 Å². The molecular formula is C29H40F2N3O3+. The minimum Gasteiger partial charge on any atom is -0.390 e. The highest BCUT2D eigenvalue weighted by Crippen LogP contribution is 2.68. The number of carbonyl (C=O) groups excluding carboxylic acids is 1. The second kappa shape index (κ2) is 8.80. The molecule has 2 aromatic rings. The summed E-state index contributed by atoms with van der Waals surface area (Å²) in [6.07, 6.45) is 8.94. The zero-order valence-corrected chi connectivity index (χ0v) is 22.2. The number of aromatic amines is 1. The first kappa shape index (κ1) is 25.4. The molecule has 0 radical (unpaired) electrons. The number of halogens is 2. The average molecular weight is 517 g/mol. The minimum atomic E-state index is -0.971. The quantitative estimate of drug-likeness (QED) is 0.563. The van der Waals surface area contributed by atoms with Gasteiger partial charge in [-0.2, -0.15) is 4.39 Å². The molecule has 2 N–H and O–H groups in total. The van der Waals surface area contributed by atoms with Crippen LogP contribution in [0.15, 0.2) is 12.1 Å². The maximum Gasteiger partial charge on any atom is 0.252 e. The third kappa shape index (κ3) is 3.80. The standard InChI is InChI=1S/C29H39F2N3O3/c1-27(36)12-13-29(16-37-3)17(14-27)4-5-18-19-6-7-21(28(19,2)11-10-20(18)29)24(35)15-34-26-23(32-33-34)9-8-22(30)25(26)31/h8-9,17-21,36H,4-7,10-16H2,1-3H3/p+1/t17-,18-,19-,20-,21+,27+,28-,29+/m0/s1. The Bertz CT molecular complexity index is 1210. The van der Waals surface area contributed by atoms with Crippen LogP contribution in [0.1, 0.15) is 71.6 Å².